The highest BCUT2D eigenvalue weighted by atomic mass is 35.5. The molecule has 0 amide bonds. The molecule has 4 nitrogen and oxygen atoms in total. The van der Waals surface area contributed by atoms with Crippen molar-refractivity contribution in [2.24, 2.45) is 0 Å². The van der Waals surface area contributed by atoms with Gasteiger partial charge in [0.15, 0.2) is 0 Å². The summed E-state index contributed by atoms with van der Waals surface area (Å²) in [6.07, 6.45) is 4.67. The van der Waals surface area contributed by atoms with Gasteiger partial charge in [-0.25, -0.2) is 4.98 Å². The summed E-state index contributed by atoms with van der Waals surface area (Å²) in [6, 6.07) is 3.75. The number of β-amino-alcohol motifs (C(OH)–C–C–N with tert-alkyl or cyclic N) is 1. The van der Waals surface area contributed by atoms with Gasteiger partial charge in [0.1, 0.15) is 5.65 Å². The maximum Gasteiger partial charge on any atom is 0.137 e. The minimum atomic E-state index is -0.553. The maximum atomic E-state index is 9.93. The van der Waals surface area contributed by atoms with Crippen molar-refractivity contribution >= 4 is 17.2 Å². The first-order chi connectivity index (χ1) is 8.52. The van der Waals surface area contributed by atoms with E-state index in [4.69, 9.17) is 11.6 Å². The summed E-state index contributed by atoms with van der Waals surface area (Å²) in [5, 5.41) is 10.6. The van der Waals surface area contributed by atoms with E-state index in [0.717, 1.165) is 30.9 Å². The predicted octanol–water partition coefficient (Wildman–Crippen LogP) is 1.94. The predicted molar refractivity (Wildman–Crippen MR) is 70.7 cm³/mol. The van der Waals surface area contributed by atoms with Crippen LogP contribution in [0.2, 0.25) is 5.02 Å². The van der Waals surface area contributed by atoms with Crippen molar-refractivity contribution in [2.75, 3.05) is 13.1 Å². The number of aromatic nitrogens is 2. The molecule has 1 aliphatic heterocycles. The van der Waals surface area contributed by atoms with Gasteiger partial charge in [0.25, 0.3) is 0 Å². The Morgan fingerprint density at radius 3 is 3.00 bits per heavy atom. The molecule has 3 rings (SSSR count). The number of pyridine rings is 1. The van der Waals surface area contributed by atoms with E-state index in [1.165, 1.54) is 0 Å². The molecular formula is C13H16ClN3O. The van der Waals surface area contributed by atoms with Gasteiger partial charge in [-0.15, -0.1) is 0 Å². The van der Waals surface area contributed by atoms with Crippen LogP contribution in [-0.4, -0.2) is 38.1 Å². The summed E-state index contributed by atoms with van der Waals surface area (Å²) >= 11 is 5.94. The van der Waals surface area contributed by atoms with Crippen LogP contribution in [0, 0.1) is 0 Å². The normalized spacial score (nSPS) is 25.1. The van der Waals surface area contributed by atoms with Gasteiger partial charge in [-0.1, -0.05) is 11.6 Å². The van der Waals surface area contributed by atoms with Gasteiger partial charge in [0.2, 0.25) is 0 Å². The Hall–Kier alpha value is -1.10. The monoisotopic (exact) mass is 265 g/mol. The van der Waals surface area contributed by atoms with Crippen LogP contribution >= 0.6 is 11.6 Å². The van der Waals surface area contributed by atoms with E-state index in [-0.39, 0.29) is 0 Å². The lowest BCUT2D eigenvalue weighted by Gasteiger charge is -2.17. The second-order valence-corrected chi connectivity index (χ2v) is 5.74. The molecule has 1 unspecified atom stereocenters. The summed E-state index contributed by atoms with van der Waals surface area (Å²) < 4.78 is 1.94. The van der Waals surface area contributed by atoms with E-state index >= 15 is 0 Å². The molecule has 0 saturated carbocycles. The second kappa shape index (κ2) is 4.23. The minimum Gasteiger partial charge on any atom is -0.389 e. The van der Waals surface area contributed by atoms with Crippen LogP contribution < -0.4 is 0 Å². The Morgan fingerprint density at radius 1 is 1.44 bits per heavy atom. The number of imidazole rings is 1. The molecule has 1 N–H and O–H groups in total. The van der Waals surface area contributed by atoms with Crippen LogP contribution in [0.1, 0.15) is 19.0 Å². The highest BCUT2D eigenvalue weighted by Crippen LogP contribution is 2.22. The third-order valence-electron chi connectivity index (χ3n) is 3.38. The Morgan fingerprint density at radius 2 is 2.28 bits per heavy atom. The van der Waals surface area contributed by atoms with E-state index in [1.54, 1.807) is 0 Å². The summed E-state index contributed by atoms with van der Waals surface area (Å²) in [5.74, 6) is 0. The Labute approximate surface area is 111 Å². The first kappa shape index (κ1) is 12.0. The third-order valence-corrected chi connectivity index (χ3v) is 3.60. The molecule has 1 atom stereocenters. The van der Waals surface area contributed by atoms with Crippen LogP contribution in [0.25, 0.3) is 5.65 Å². The fourth-order valence-corrected chi connectivity index (χ4v) is 2.66. The average Bonchev–Trinajstić information content (AvgIpc) is 2.81. The van der Waals surface area contributed by atoms with Crippen LogP contribution in [0.3, 0.4) is 0 Å². The average molecular weight is 266 g/mol. The van der Waals surface area contributed by atoms with Gasteiger partial charge in [-0.3, -0.25) is 4.90 Å². The second-order valence-electron chi connectivity index (χ2n) is 5.30. The van der Waals surface area contributed by atoms with Crippen molar-refractivity contribution in [3.8, 4) is 0 Å². The molecule has 18 heavy (non-hydrogen) atoms. The number of halogens is 1. The zero-order chi connectivity index (χ0) is 12.8. The van der Waals surface area contributed by atoms with Gasteiger partial charge >= 0.3 is 0 Å². The molecule has 3 heterocycles. The highest BCUT2D eigenvalue weighted by molar-refractivity contribution is 6.30. The number of hydrogen-bond donors (Lipinski definition) is 1. The molecule has 1 fully saturated rings. The standard InChI is InChI=1S/C13H16ClN3O/c1-13(18)4-5-16(9-13)7-11-8-17-6-10(14)2-3-12(17)15-11/h2-3,6,8,18H,4-5,7,9H2,1H3. The van der Waals surface area contributed by atoms with Crippen molar-refractivity contribution < 1.29 is 5.11 Å². The van der Waals surface area contributed by atoms with E-state index in [9.17, 15) is 5.11 Å². The molecule has 96 valence electrons. The third kappa shape index (κ3) is 2.36. The maximum absolute atomic E-state index is 9.93. The summed E-state index contributed by atoms with van der Waals surface area (Å²) in [4.78, 5) is 6.77. The van der Waals surface area contributed by atoms with Crippen LogP contribution in [0.5, 0.6) is 0 Å². The van der Waals surface area contributed by atoms with Crippen molar-refractivity contribution in [3.63, 3.8) is 0 Å². The lowest BCUT2D eigenvalue weighted by Crippen LogP contribution is -2.29. The fourth-order valence-electron chi connectivity index (χ4n) is 2.50. The molecule has 2 aromatic heterocycles. The molecule has 2 aromatic rings. The van der Waals surface area contributed by atoms with Gasteiger partial charge in [-0.2, -0.15) is 0 Å². The molecule has 0 bridgehead atoms. The van der Waals surface area contributed by atoms with Gasteiger partial charge < -0.3 is 9.51 Å². The fraction of sp³-hybridized carbons (Fsp3) is 0.462. The van der Waals surface area contributed by atoms with Gasteiger partial charge in [0.05, 0.1) is 16.3 Å². The number of aliphatic hydroxyl groups is 1. The van der Waals surface area contributed by atoms with Crippen molar-refractivity contribution in [3.05, 3.63) is 35.2 Å². The summed E-state index contributed by atoms with van der Waals surface area (Å²) in [6.45, 7) is 4.29. The molecule has 5 heteroatoms. The Kier molecular flexibility index (Phi) is 2.81. The Balaban J connectivity index is 1.79. The van der Waals surface area contributed by atoms with Gasteiger partial charge in [0, 0.05) is 32.0 Å². The molecule has 0 radical (unpaired) electrons. The molecule has 1 aliphatic rings. The summed E-state index contributed by atoms with van der Waals surface area (Å²) in [5.41, 5.74) is 1.36. The molecule has 0 aromatic carbocycles. The smallest absolute Gasteiger partial charge is 0.137 e. The molecule has 0 spiro atoms. The molecular weight excluding hydrogens is 250 g/mol. The number of hydrogen-bond acceptors (Lipinski definition) is 3. The van der Waals surface area contributed by atoms with E-state index in [0.29, 0.717) is 11.6 Å². The van der Waals surface area contributed by atoms with Gasteiger partial charge in [-0.05, 0) is 25.5 Å². The van der Waals surface area contributed by atoms with Crippen LogP contribution in [0.4, 0.5) is 0 Å². The SMILES string of the molecule is CC1(O)CCN(Cc2cn3cc(Cl)ccc3n2)C1. The minimum absolute atomic E-state index is 0.553. The first-order valence-corrected chi connectivity index (χ1v) is 6.48. The lowest BCUT2D eigenvalue weighted by molar-refractivity contribution is 0.0678. The highest BCUT2D eigenvalue weighted by Gasteiger charge is 2.31. The summed E-state index contributed by atoms with van der Waals surface area (Å²) in [7, 11) is 0. The van der Waals surface area contributed by atoms with E-state index in [2.05, 4.69) is 9.88 Å². The van der Waals surface area contributed by atoms with Crippen molar-refractivity contribution in [2.45, 2.75) is 25.5 Å². The molecule has 0 aliphatic carbocycles. The quantitative estimate of drug-likeness (QED) is 0.902. The van der Waals surface area contributed by atoms with Crippen LogP contribution in [-0.2, 0) is 6.54 Å². The van der Waals surface area contributed by atoms with Crippen molar-refractivity contribution in [1.82, 2.24) is 14.3 Å². The number of fused-ring (bicyclic) bond motifs is 1. The number of rotatable bonds is 2. The van der Waals surface area contributed by atoms with E-state index < -0.39 is 5.60 Å². The Bertz CT molecular complexity index is 579. The number of likely N-dealkylation sites (tertiary alicyclic amines) is 1. The zero-order valence-electron chi connectivity index (χ0n) is 10.3. The van der Waals surface area contributed by atoms with Crippen molar-refractivity contribution in [1.29, 1.82) is 0 Å². The molecule has 1 saturated heterocycles. The topological polar surface area (TPSA) is 40.8 Å². The van der Waals surface area contributed by atoms with Crippen LogP contribution in [0.15, 0.2) is 24.5 Å². The first-order valence-electron chi connectivity index (χ1n) is 6.10. The largest absolute Gasteiger partial charge is 0.389 e. The lowest BCUT2D eigenvalue weighted by atomic mass is 10.1. The van der Waals surface area contributed by atoms with E-state index in [1.807, 2.05) is 35.9 Å². The number of nitrogens with zero attached hydrogens (tertiary/aromatic N) is 3. The zero-order valence-corrected chi connectivity index (χ0v) is 11.1.